The Morgan fingerprint density at radius 1 is 1.14 bits per heavy atom. The number of hydrogen-bond donors (Lipinski definition) is 1. The minimum absolute atomic E-state index is 0.0121. The van der Waals surface area contributed by atoms with E-state index in [2.05, 4.69) is 22.9 Å². The van der Waals surface area contributed by atoms with Gasteiger partial charge in [-0.1, -0.05) is 54.6 Å². The van der Waals surface area contributed by atoms with Crippen molar-refractivity contribution in [1.29, 1.82) is 5.26 Å². The third-order valence-electron chi connectivity index (χ3n) is 7.40. The molecule has 5 rings (SSSR count). The van der Waals surface area contributed by atoms with Crippen LogP contribution in [0.5, 0.6) is 11.5 Å². The van der Waals surface area contributed by atoms with Gasteiger partial charge >= 0.3 is 0 Å². The molecule has 3 aromatic carbocycles. The number of carbonyl (C=O) groups excluding carboxylic acids is 1. The molecule has 1 aliphatic carbocycles. The fourth-order valence-corrected chi connectivity index (χ4v) is 5.49. The number of halogens is 2. The number of hydrogen-bond acceptors (Lipinski definition) is 6. The lowest BCUT2D eigenvalue weighted by Gasteiger charge is -2.20. The first-order valence-electron chi connectivity index (χ1n) is 14.2. The summed E-state index contributed by atoms with van der Waals surface area (Å²) in [6.07, 6.45) is 6.83. The first-order chi connectivity index (χ1) is 21.0. The summed E-state index contributed by atoms with van der Waals surface area (Å²) in [6.45, 7) is 4.81. The standard InChI is InChI=1S/C35H31ClFN3O3/c1-2-26(41)7-6-14-39-21-25-16-31(36)35(17-34(25)42-22-24-15-23(18-38)19-40-20-24)43-33-13-12-28-27(9-5-10-30(28)33)29-8-3-4-11-32(29)37/h2-5,8-11,15-17,19-20,33,39H,1,6-7,12-14,21-22H2/t33-/m0/s1. The Hall–Kier alpha value is -4.51. The average molecular weight is 596 g/mol. The molecule has 0 aliphatic heterocycles. The summed E-state index contributed by atoms with van der Waals surface area (Å²) in [4.78, 5) is 15.7. The number of nitrogens with one attached hydrogen (secondary N) is 1. The van der Waals surface area contributed by atoms with Crippen molar-refractivity contribution in [3.8, 4) is 28.7 Å². The van der Waals surface area contributed by atoms with Gasteiger partial charge in [0.05, 0.1) is 10.6 Å². The van der Waals surface area contributed by atoms with Crippen LogP contribution < -0.4 is 14.8 Å². The summed E-state index contributed by atoms with van der Waals surface area (Å²) in [5, 5.41) is 13.0. The summed E-state index contributed by atoms with van der Waals surface area (Å²) >= 11 is 6.75. The molecule has 1 N–H and O–H groups in total. The van der Waals surface area contributed by atoms with Crippen molar-refractivity contribution >= 4 is 17.4 Å². The Morgan fingerprint density at radius 3 is 2.79 bits per heavy atom. The highest BCUT2D eigenvalue weighted by molar-refractivity contribution is 6.32. The summed E-state index contributed by atoms with van der Waals surface area (Å²) in [5.41, 5.74) is 5.57. The van der Waals surface area contributed by atoms with Gasteiger partial charge in [0, 0.05) is 48.1 Å². The number of benzene rings is 3. The third kappa shape index (κ3) is 7.29. The number of ether oxygens (including phenoxy) is 2. The summed E-state index contributed by atoms with van der Waals surface area (Å²) in [6, 6.07) is 20.1. The van der Waals surface area contributed by atoms with Crippen LogP contribution in [0.15, 0.2) is 85.7 Å². The second-order valence-electron chi connectivity index (χ2n) is 10.3. The first-order valence-corrected chi connectivity index (χ1v) is 14.5. The van der Waals surface area contributed by atoms with Crippen LogP contribution in [0, 0.1) is 17.1 Å². The van der Waals surface area contributed by atoms with E-state index in [1.165, 1.54) is 18.3 Å². The molecule has 1 aromatic heterocycles. The number of nitrogens with zero attached hydrogens (tertiary/aromatic N) is 2. The van der Waals surface area contributed by atoms with Crippen molar-refractivity contribution in [2.75, 3.05) is 6.54 Å². The van der Waals surface area contributed by atoms with Gasteiger partial charge in [0.15, 0.2) is 5.78 Å². The summed E-state index contributed by atoms with van der Waals surface area (Å²) in [7, 11) is 0. The van der Waals surface area contributed by atoms with Gasteiger partial charge in [0.2, 0.25) is 0 Å². The van der Waals surface area contributed by atoms with E-state index in [9.17, 15) is 14.4 Å². The molecule has 0 radical (unpaired) electrons. The minimum atomic E-state index is -0.255. The monoisotopic (exact) mass is 595 g/mol. The fourth-order valence-electron chi connectivity index (χ4n) is 5.26. The molecule has 1 aliphatic rings. The van der Waals surface area contributed by atoms with E-state index in [0.717, 1.165) is 40.7 Å². The van der Waals surface area contributed by atoms with E-state index in [0.29, 0.717) is 53.6 Å². The van der Waals surface area contributed by atoms with Gasteiger partial charge in [0.1, 0.15) is 36.1 Å². The van der Waals surface area contributed by atoms with Gasteiger partial charge in [-0.05, 0) is 66.8 Å². The maximum absolute atomic E-state index is 14.6. The molecule has 1 heterocycles. The quantitative estimate of drug-likeness (QED) is 0.126. The Balaban J connectivity index is 1.37. The zero-order chi connectivity index (χ0) is 30.2. The number of pyridine rings is 1. The van der Waals surface area contributed by atoms with Gasteiger partial charge in [-0.25, -0.2) is 4.39 Å². The van der Waals surface area contributed by atoms with Gasteiger partial charge in [-0.15, -0.1) is 0 Å². The zero-order valence-electron chi connectivity index (χ0n) is 23.6. The minimum Gasteiger partial charge on any atom is -0.488 e. The lowest BCUT2D eigenvalue weighted by molar-refractivity contribution is -0.114. The second-order valence-corrected chi connectivity index (χ2v) is 10.7. The SMILES string of the molecule is C=CC(=O)CCCNCc1cc(Cl)c(O[C@H]2CCc3c(-c4ccccc4F)cccc32)cc1OCc1cncc(C#N)c1. The molecule has 0 bridgehead atoms. The molecule has 0 unspecified atom stereocenters. The Labute approximate surface area is 255 Å². The van der Waals surface area contributed by atoms with Crippen molar-refractivity contribution in [3.05, 3.63) is 124 Å². The lowest BCUT2D eigenvalue weighted by Crippen LogP contribution is -2.16. The second kappa shape index (κ2) is 14.1. The van der Waals surface area contributed by atoms with Gasteiger partial charge in [-0.3, -0.25) is 9.78 Å². The van der Waals surface area contributed by atoms with E-state index in [-0.39, 0.29) is 24.3 Å². The van der Waals surface area contributed by atoms with Gasteiger partial charge in [0.25, 0.3) is 0 Å². The van der Waals surface area contributed by atoms with Crippen molar-refractivity contribution in [1.82, 2.24) is 10.3 Å². The molecule has 4 aromatic rings. The van der Waals surface area contributed by atoms with Crippen molar-refractivity contribution in [3.63, 3.8) is 0 Å². The number of fused-ring (bicyclic) bond motifs is 1. The first kappa shape index (κ1) is 30.0. The smallest absolute Gasteiger partial charge is 0.155 e. The van der Waals surface area contributed by atoms with Crippen LogP contribution >= 0.6 is 11.6 Å². The van der Waals surface area contributed by atoms with E-state index in [1.54, 1.807) is 30.5 Å². The summed E-state index contributed by atoms with van der Waals surface area (Å²) in [5.74, 6) is 0.819. The summed E-state index contributed by atoms with van der Waals surface area (Å²) < 4.78 is 27.3. The lowest BCUT2D eigenvalue weighted by atomic mass is 9.96. The van der Waals surface area contributed by atoms with Crippen molar-refractivity contribution in [2.24, 2.45) is 0 Å². The number of allylic oxidation sites excluding steroid dienone is 1. The van der Waals surface area contributed by atoms with E-state index in [1.807, 2.05) is 30.3 Å². The van der Waals surface area contributed by atoms with Crippen LogP contribution in [-0.4, -0.2) is 17.3 Å². The average Bonchev–Trinajstić information content (AvgIpc) is 3.44. The highest BCUT2D eigenvalue weighted by Gasteiger charge is 2.28. The topological polar surface area (TPSA) is 84.2 Å². The largest absolute Gasteiger partial charge is 0.488 e. The van der Waals surface area contributed by atoms with Crippen molar-refractivity contribution < 1.29 is 18.7 Å². The van der Waals surface area contributed by atoms with Gasteiger partial charge < -0.3 is 14.8 Å². The predicted molar refractivity (Wildman–Crippen MR) is 164 cm³/mol. The number of rotatable bonds is 13. The maximum Gasteiger partial charge on any atom is 0.155 e. The molecule has 0 amide bonds. The van der Waals surface area contributed by atoms with E-state index < -0.39 is 0 Å². The fraction of sp³-hybridized carbons (Fsp3) is 0.229. The Bertz CT molecular complexity index is 1680. The van der Waals surface area contributed by atoms with Crippen LogP contribution in [0.1, 0.15) is 53.2 Å². The molecule has 0 saturated heterocycles. The molecule has 0 spiro atoms. The number of carbonyl (C=O) groups is 1. The number of ketones is 1. The van der Waals surface area contributed by atoms with E-state index in [4.69, 9.17) is 21.1 Å². The third-order valence-corrected chi connectivity index (χ3v) is 7.70. The van der Waals surface area contributed by atoms with Crippen LogP contribution in [0.25, 0.3) is 11.1 Å². The molecule has 0 saturated carbocycles. The number of aromatic nitrogens is 1. The van der Waals surface area contributed by atoms with Crippen LogP contribution in [0.2, 0.25) is 5.02 Å². The Morgan fingerprint density at radius 2 is 1.98 bits per heavy atom. The predicted octanol–water partition coefficient (Wildman–Crippen LogP) is 7.68. The maximum atomic E-state index is 14.6. The molecular formula is C35H31ClFN3O3. The van der Waals surface area contributed by atoms with Crippen LogP contribution in [0.4, 0.5) is 4.39 Å². The molecule has 0 fully saturated rings. The molecule has 1 atom stereocenters. The molecule has 218 valence electrons. The molecular weight excluding hydrogens is 565 g/mol. The highest BCUT2D eigenvalue weighted by atomic mass is 35.5. The normalized spacial score (nSPS) is 13.7. The Kier molecular flexibility index (Phi) is 9.83. The molecule has 6 nitrogen and oxygen atoms in total. The number of nitriles is 1. The van der Waals surface area contributed by atoms with Crippen LogP contribution in [0.3, 0.4) is 0 Å². The highest BCUT2D eigenvalue weighted by Crippen LogP contribution is 2.43. The van der Waals surface area contributed by atoms with Crippen LogP contribution in [-0.2, 0) is 24.4 Å². The molecule has 8 heteroatoms. The van der Waals surface area contributed by atoms with Gasteiger partial charge in [-0.2, -0.15) is 5.26 Å². The van der Waals surface area contributed by atoms with E-state index >= 15 is 0 Å². The zero-order valence-corrected chi connectivity index (χ0v) is 24.4. The molecule has 43 heavy (non-hydrogen) atoms. The van der Waals surface area contributed by atoms with Crippen molar-refractivity contribution in [2.45, 2.75) is 44.9 Å².